The summed E-state index contributed by atoms with van der Waals surface area (Å²) < 4.78 is 6.68. The molecule has 0 bridgehead atoms. The molecule has 19 heavy (non-hydrogen) atoms. The third-order valence-corrected chi connectivity index (χ3v) is 4.35. The SMILES string of the molecule is CN(C(=O)COc1cccc(I)c1)C1CCCCC1. The van der Waals surface area contributed by atoms with Crippen molar-refractivity contribution >= 4 is 28.5 Å². The molecule has 1 fully saturated rings. The Bertz CT molecular complexity index is 430. The Morgan fingerprint density at radius 1 is 1.37 bits per heavy atom. The summed E-state index contributed by atoms with van der Waals surface area (Å²) >= 11 is 2.24. The Kier molecular flexibility index (Phi) is 5.48. The van der Waals surface area contributed by atoms with Crippen molar-refractivity contribution in [2.24, 2.45) is 0 Å². The fourth-order valence-corrected chi connectivity index (χ4v) is 2.99. The molecule has 2 rings (SSSR count). The van der Waals surface area contributed by atoms with E-state index in [4.69, 9.17) is 4.74 Å². The number of hydrogen-bond acceptors (Lipinski definition) is 2. The molecule has 0 atom stereocenters. The van der Waals surface area contributed by atoms with Crippen LogP contribution in [0.3, 0.4) is 0 Å². The first kappa shape index (κ1) is 14.6. The second-order valence-corrected chi connectivity index (χ2v) is 6.29. The molecule has 3 nitrogen and oxygen atoms in total. The lowest BCUT2D eigenvalue weighted by atomic mass is 9.94. The van der Waals surface area contributed by atoms with Crippen molar-refractivity contribution in [1.29, 1.82) is 0 Å². The molecular weight excluding hydrogens is 353 g/mol. The van der Waals surface area contributed by atoms with Crippen LogP contribution in [0.4, 0.5) is 0 Å². The third kappa shape index (κ3) is 4.37. The Morgan fingerprint density at radius 2 is 2.11 bits per heavy atom. The van der Waals surface area contributed by atoms with Crippen molar-refractivity contribution in [2.75, 3.05) is 13.7 Å². The minimum Gasteiger partial charge on any atom is -0.484 e. The van der Waals surface area contributed by atoms with Gasteiger partial charge in [0.2, 0.25) is 0 Å². The molecule has 0 saturated heterocycles. The predicted octanol–water partition coefficient (Wildman–Crippen LogP) is 3.46. The van der Waals surface area contributed by atoms with Crippen molar-refractivity contribution in [1.82, 2.24) is 4.90 Å². The molecule has 0 spiro atoms. The van der Waals surface area contributed by atoms with Gasteiger partial charge in [0.15, 0.2) is 6.61 Å². The molecule has 1 aromatic rings. The van der Waals surface area contributed by atoms with E-state index in [1.165, 1.54) is 19.3 Å². The van der Waals surface area contributed by atoms with Crippen LogP contribution in [0.1, 0.15) is 32.1 Å². The average molecular weight is 373 g/mol. The molecule has 0 aromatic heterocycles. The number of benzene rings is 1. The van der Waals surface area contributed by atoms with Crippen LogP contribution in [0.15, 0.2) is 24.3 Å². The topological polar surface area (TPSA) is 29.5 Å². The quantitative estimate of drug-likeness (QED) is 0.757. The summed E-state index contributed by atoms with van der Waals surface area (Å²) in [7, 11) is 1.90. The molecule has 0 aliphatic heterocycles. The van der Waals surface area contributed by atoms with E-state index >= 15 is 0 Å². The summed E-state index contributed by atoms with van der Waals surface area (Å²) in [6, 6.07) is 8.17. The van der Waals surface area contributed by atoms with Gasteiger partial charge in [0.05, 0.1) is 0 Å². The fourth-order valence-electron chi connectivity index (χ4n) is 2.48. The van der Waals surface area contributed by atoms with Crippen LogP contribution >= 0.6 is 22.6 Å². The highest BCUT2D eigenvalue weighted by molar-refractivity contribution is 14.1. The number of carbonyl (C=O) groups excluding carboxylic acids is 1. The lowest BCUT2D eigenvalue weighted by molar-refractivity contribution is -0.134. The largest absolute Gasteiger partial charge is 0.484 e. The maximum Gasteiger partial charge on any atom is 0.260 e. The van der Waals surface area contributed by atoms with Crippen molar-refractivity contribution in [3.05, 3.63) is 27.8 Å². The highest BCUT2D eigenvalue weighted by Gasteiger charge is 2.22. The molecule has 1 amide bonds. The van der Waals surface area contributed by atoms with Gasteiger partial charge in [0.1, 0.15) is 5.75 Å². The van der Waals surface area contributed by atoms with Gasteiger partial charge in [-0.1, -0.05) is 25.3 Å². The Balaban J connectivity index is 1.83. The molecule has 1 aliphatic carbocycles. The maximum atomic E-state index is 12.1. The van der Waals surface area contributed by atoms with Crippen molar-refractivity contribution in [3.8, 4) is 5.75 Å². The summed E-state index contributed by atoms with van der Waals surface area (Å²) in [5.74, 6) is 0.836. The van der Waals surface area contributed by atoms with Crippen LogP contribution in [0, 0.1) is 3.57 Å². The third-order valence-electron chi connectivity index (χ3n) is 3.67. The summed E-state index contributed by atoms with van der Waals surface area (Å²) in [6.45, 7) is 0.132. The zero-order valence-electron chi connectivity index (χ0n) is 11.3. The first-order valence-corrected chi connectivity index (χ1v) is 7.89. The number of halogens is 1. The number of hydrogen-bond donors (Lipinski definition) is 0. The van der Waals surface area contributed by atoms with E-state index in [-0.39, 0.29) is 12.5 Å². The molecule has 1 aliphatic rings. The molecule has 4 heteroatoms. The van der Waals surface area contributed by atoms with Gasteiger partial charge in [-0.2, -0.15) is 0 Å². The van der Waals surface area contributed by atoms with E-state index in [0.29, 0.717) is 6.04 Å². The zero-order chi connectivity index (χ0) is 13.7. The van der Waals surface area contributed by atoms with Gasteiger partial charge in [-0.05, 0) is 53.6 Å². The van der Waals surface area contributed by atoms with Gasteiger partial charge in [-0.3, -0.25) is 4.79 Å². The number of carbonyl (C=O) groups is 1. The van der Waals surface area contributed by atoms with Gasteiger partial charge < -0.3 is 9.64 Å². The van der Waals surface area contributed by atoms with E-state index in [9.17, 15) is 4.79 Å². The van der Waals surface area contributed by atoms with E-state index in [0.717, 1.165) is 22.2 Å². The van der Waals surface area contributed by atoms with Crippen molar-refractivity contribution in [3.63, 3.8) is 0 Å². The molecule has 1 saturated carbocycles. The van der Waals surface area contributed by atoms with Crippen LogP contribution in [0.5, 0.6) is 5.75 Å². The standard InChI is InChI=1S/C15H20INO2/c1-17(13-7-3-2-4-8-13)15(18)11-19-14-9-5-6-12(16)10-14/h5-6,9-10,13H,2-4,7-8,11H2,1H3. The van der Waals surface area contributed by atoms with Crippen LogP contribution in [-0.2, 0) is 4.79 Å². The summed E-state index contributed by atoms with van der Waals surface area (Å²) in [4.78, 5) is 14.0. The van der Waals surface area contributed by atoms with Crippen molar-refractivity contribution < 1.29 is 9.53 Å². The molecule has 104 valence electrons. The lowest BCUT2D eigenvalue weighted by Gasteiger charge is -2.31. The number of likely N-dealkylation sites (N-methyl/N-ethyl adjacent to an activating group) is 1. The fraction of sp³-hybridized carbons (Fsp3) is 0.533. The summed E-state index contributed by atoms with van der Waals surface area (Å²) in [5, 5.41) is 0. The smallest absolute Gasteiger partial charge is 0.260 e. The highest BCUT2D eigenvalue weighted by atomic mass is 127. The first-order chi connectivity index (χ1) is 9.16. The van der Waals surface area contributed by atoms with Gasteiger partial charge in [0.25, 0.3) is 5.91 Å². The number of rotatable bonds is 4. The average Bonchev–Trinajstić information content (AvgIpc) is 2.45. The molecule has 1 aromatic carbocycles. The highest BCUT2D eigenvalue weighted by Crippen LogP contribution is 2.22. The predicted molar refractivity (Wildman–Crippen MR) is 84.3 cm³/mol. The number of nitrogens with zero attached hydrogens (tertiary/aromatic N) is 1. The second-order valence-electron chi connectivity index (χ2n) is 5.04. The zero-order valence-corrected chi connectivity index (χ0v) is 13.4. The summed E-state index contributed by atoms with van der Waals surface area (Å²) in [5.41, 5.74) is 0. The van der Waals surface area contributed by atoms with Crippen LogP contribution in [0.2, 0.25) is 0 Å². The monoisotopic (exact) mass is 373 g/mol. The minimum absolute atomic E-state index is 0.0748. The van der Waals surface area contributed by atoms with Gasteiger partial charge in [-0.25, -0.2) is 0 Å². The lowest BCUT2D eigenvalue weighted by Crippen LogP contribution is -2.40. The molecule has 0 unspecified atom stereocenters. The van der Waals surface area contributed by atoms with Crippen LogP contribution in [0.25, 0.3) is 0 Å². The normalized spacial score (nSPS) is 16.1. The Hall–Kier alpha value is -0.780. The van der Waals surface area contributed by atoms with E-state index in [1.807, 2.05) is 36.2 Å². The molecular formula is C15H20INO2. The summed E-state index contributed by atoms with van der Waals surface area (Å²) in [6.07, 6.45) is 6.04. The van der Waals surface area contributed by atoms with Gasteiger partial charge in [0, 0.05) is 16.7 Å². The van der Waals surface area contributed by atoms with Gasteiger partial charge >= 0.3 is 0 Å². The van der Waals surface area contributed by atoms with Gasteiger partial charge in [-0.15, -0.1) is 0 Å². The van der Waals surface area contributed by atoms with Crippen molar-refractivity contribution in [2.45, 2.75) is 38.1 Å². The first-order valence-electron chi connectivity index (χ1n) is 6.81. The van der Waals surface area contributed by atoms with Crippen LogP contribution < -0.4 is 4.74 Å². The number of amides is 1. The Labute approximate surface area is 128 Å². The van der Waals surface area contributed by atoms with E-state index in [2.05, 4.69) is 22.6 Å². The maximum absolute atomic E-state index is 12.1. The molecule has 0 N–H and O–H groups in total. The molecule has 0 heterocycles. The second kappa shape index (κ2) is 7.12. The Morgan fingerprint density at radius 3 is 2.79 bits per heavy atom. The molecule has 0 radical (unpaired) electrons. The van der Waals surface area contributed by atoms with Crippen LogP contribution in [-0.4, -0.2) is 30.5 Å². The van der Waals surface area contributed by atoms with E-state index in [1.54, 1.807) is 0 Å². The van der Waals surface area contributed by atoms with E-state index < -0.39 is 0 Å². The number of ether oxygens (including phenoxy) is 1. The minimum atomic E-state index is 0.0748.